The monoisotopic (exact) mass is 364 g/mol. The van der Waals surface area contributed by atoms with Crippen LogP contribution in [0.5, 0.6) is 5.75 Å². The number of aryl methyl sites for hydroxylation is 1. The Labute approximate surface area is 159 Å². The Morgan fingerprint density at radius 1 is 1.15 bits per heavy atom. The maximum absolute atomic E-state index is 5.28. The van der Waals surface area contributed by atoms with Crippen LogP contribution < -0.4 is 4.74 Å². The van der Waals surface area contributed by atoms with E-state index in [9.17, 15) is 0 Å². The molecule has 4 heteroatoms. The van der Waals surface area contributed by atoms with E-state index in [0.717, 1.165) is 17.1 Å². The third-order valence-electron chi connectivity index (χ3n) is 5.26. The highest BCUT2D eigenvalue weighted by molar-refractivity contribution is 7.99. The molecule has 0 fully saturated rings. The Morgan fingerprint density at radius 2 is 1.92 bits per heavy atom. The second-order valence-electron chi connectivity index (χ2n) is 7.47. The molecule has 0 saturated carbocycles. The van der Waals surface area contributed by atoms with Crippen LogP contribution in [0, 0.1) is 6.92 Å². The normalized spacial score (nSPS) is 15.5. The number of thioether (sulfide) groups is 1. The van der Waals surface area contributed by atoms with E-state index in [0.29, 0.717) is 0 Å². The molecule has 0 radical (unpaired) electrons. The largest absolute Gasteiger partial charge is 0.497 e. The molecule has 0 saturated heterocycles. The van der Waals surface area contributed by atoms with E-state index in [-0.39, 0.29) is 5.41 Å². The third-order valence-corrected chi connectivity index (χ3v) is 6.32. The maximum atomic E-state index is 5.28. The van der Waals surface area contributed by atoms with Crippen molar-refractivity contribution in [1.82, 2.24) is 9.55 Å². The second-order valence-corrected chi connectivity index (χ2v) is 8.60. The summed E-state index contributed by atoms with van der Waals surface area (Å²) >= 11 is 1.98. The molecule has 4 rings (SSSR count). The molecule has 0 bridgehead atoms. The number of methoxy groups -OCH3 is 1. The van der Waals surface area contributed by atoms with E-state index in [1.807, 2.05) is 30.1 Å². The minimum atomic E-state index is 0.212. The minimum absolute atomic E-state index is 0.212. The molecule has 2 aromatic carbocycles. The average Bonchev–Trinajstić information content (AvgIpc) is 3.10. The Bertz CT molecular complexity index is 941. The van der Waals surface area contributed by atoms with Gasteiger partial charge in [0.15, 0.2) is 0 Å². The summed E-state index contributed by atoms with van der Waals surface area (Å²) in [5.41, 5.74) is 5.24. The minimum Gasteiger partial charge on any atom is -0.497 e. The van der Waals surface area contributed by atoms with Crippen molar-refractivity contribution >= 4 is 11.8 Å². The van der Waals surface area contributed by atoms with Crippen molar-refractivity contribution in [1.29, 1.82) is 0 Å². The molecular weight excluding hydrogens is 340 g/mol. The Hall–Kier alpha value is -2.20. The lowest BCUT2D eigenvalue weighted by atomic mass is 9.81. The Morgan fingerprint density at radius 3 is 2.65 bits per heavy atom. The highest BCUT2D eigenvalue weighted by atomic mass is 32.2. The number of benzene rings is 2. The molecule has 3 aromatic rings. The van der Waals surface area contributed by atoms with Crippen molar-refractivity contribution in [3.63, 3.8) is 0 Å². The lowest BCUT2D eigenvalue weighted by Crippen LogP contribution is -2.23. The highest BCUT2D eigenvalue weighted by Gasteiger charge is 2.29. The summed E-state index contributed by atoms with van der Waals surface area (Å²) in [7, 11) is 1.69. The fourth-order valence-electron chi connectivity index (χ4n) is 3.58. The maximum Gasteiger partial charge on any atom is 0.144 e. The van der Waals surface area contributed by atoms with Crippen molar-refractivity contribution in [3.8, 4) is 22.8 Å². The zero-order valence-electron chi connectivity index (χ0n) is 15.7. The molecule has 134 valence electrons. The van der Waals surface area contributed by atoms with E-state index in [1.54, 1.807) is 7.11 Å². The number of hydrogen-bond acceptors (Lipinski definition) is 3. The lowest BCUT2D eigenvalue weighted by Gasteiger charge is -2.33. The van der Waals surface area contributed by atoms with Gasteiger partial charge in [-0.1, -0.05) is 13.8 Å². The number of ether oxygens (including phenoxy) is 1. The molecule has 0 unspecified atom stereocenters. The summed E-state index contributed by atoms with van der Waals surface area (Å²) in [6, 6.07) is 12.8. The number of imidazole rings is 1. The van der Waals surface area contributed by atoms with Crippen LogP contribution in [0.3, 0.4) is 0 Å². The number of hydrogen-bond donors (Lipinski definition) is 0. The first-order valence-corrected chi connectivity index (χ1v) is 9.94. The summed E-state index contributed by atoms with van der Waals surface area (Å²) in [4.78, 5) is 6.05. The van der Waals surface area contributed by atoms with Crippen LogP contribution in [0.15, 0.2) is 53.7 Å². The van der Waals surface area contributed by atoms with Crippen molar-refractivity contribution < 1.29 is 4.74 Å². The quantitative estimate of drug-likeness (QED) is 0.603. The molecule has 0 aliphatic carbocycles. The third kappa shape index (κ3) is 2.92. The van der Waals surface area contributed by atoms with Crippen LogP contribution in [0.4, 0.5) is 0 Å². The van der Waals surface area contributed by atoms with Crippen LogP contribution in [-0.2, 0) is 5.41 Å². The first kappa shape index (κ1) is 17.2. The molecule has 2 heterocycles. The van der Waals surface area contributed by atoms with Crippen molar-refractivity contribution in [2.45, 2.75) is 37.5 Å². The molecule has 3 nitrogen and oxygen atoms in total. The predicted octanol–water partition coefficient (Wildman–Crippen LogP) is 5.63. The Kier molecular flexibility index (Phi) is 4.31. The molecule has 26 heavy (non-hydrogen) atoms. The molecule has 1 aliphatic heterocycles. The van der Waals surface area contributed by atoms with Crippen molar-refractivity contribution in [2.24, 2.45) is 0 Å². The van der Waals surface area contributed by atoms with E-state index >= 15 is 0 Å². The topological polar surface area (TPSA) is 27.1 Å². The van der Waals surface area contributed by atoms with Crippen molar-refractivity contribution in [3.05, 3.63) is 59.9 Å². The van der Waals surface area contributed by atoms with Gasteiger partial charge < -0.3 is 4.74 Å². The summed E-state index contributed by atoms with van der Waals surface area (Å²) in [6.45, 7) is 6.89. The van der Waals surface area contributed by atoms with Gasteiger partial charge >= 0.3 is 0 Å². The molecule has 1 aromatic heterocycles. The van der Waals surface area contributed by atoms with Crippen LogP contribution in [-0.4, -0.2) is 22.4 Å². The van der Waals surface area contributed by atoms with Gasteiger partial charge in [0.2, 0.25) is 0 Å². The van der Waals surface area contributed by atoms with E-state index in [1.165, 1.54) is 33.9 Å². The van der Waals surface area contributed by atoms with Crippen LogP contribution >= 0.6 is 11.8 Å². The van der Waals surface area contributed by atoms with Gasteiger partial charge in [-0.15, -0.1) is 11.8 Å². The fourth-order valence-corrected chi connectivity index (χ4v) is 5.16. The highest BCUT2D eigenvalue weighted by Crippen LogP contribution is 2.43. The molecular formula is C22H24N2OS. The van der Waals surface area contributed by atoms with Gasteiger partial charge in [0, 0.05) is 22.9 Å². The van der Waals surface area contributed by atoms with Gasteiger partial charge in [-0.3, -0.25) is 4.57 Å². The van der Waals surface area contributed by atoms with Gasteiger partial charge in [-0.2, -0.15) is 0 Å². The van der Waals surface area contributed by atoms with E-state index in [4.69, 9.17) is 4.74 Å². The number of rotatable bonds is 3. The number of fused-ring (bicyclic) bond motifs is 1. The average molecular weight is 365 g/mol. The van der Waals surface area contributed by atoms with Crippen LogP contribution in [0.1, 0.15) is 31.4 Å². The molecule has 0 atom stereocenters. The van der Waals surface area contributed by atoms with E-state index in [2.05, 4.69) is 60.8 Å². The van der Waals surface area contributed by atoms with Gasteiger partial charge in [-0.25, -0.2) is 4.98 Å². The fraction of sp³-hybridized carbons (Fsp3) is 0.318. The van der Waals surface area contributed by atoms with Crippen LogP contribution in [0.2, 0.25) is 0 Å². The lowest BCUT2D eigenvalue weighted by molar-refractivity contribution is 0.415. The first-order chi connectivity index (χ1) is 12.5. The number of aromatic nitrogens is 2. The Balaban J connectivity index is 1.83. The van der Waals surface area contributed by atoms with Gasteiger partial charge in [-0.05, 0) is 72.0 Å². The molecule has 0 amide bonds. The summed E-state index contributed by atoms with van der Waals surface area (Å²) < 4.78 is 7.48. The molecule has 1 aliphatic rings. The zero-order chi connectivity index (χ0) is 18.3. The smallest absolute Gasteiger partial charge is 0.144 e. The van der Waals surface area contributed by atoms with E-state index < -0.39 is 0 Å². The van der Waals surface area contributed by atoms with Gasteiger partial charge in [0.05, 0.1) is 12.8 Å². The standard InChI is InChI=1S/C22H24N2OS/c1-15-13-20-18(22(2,3)9-12-26-20)14-19(15)24-11-10-23-21(24)16-5-7-17(25-4)8-6-16/h5-8,10-11,13-14H,9,12H2,1-4H3. The zero-order valence-corrected chi connectivity index (χ0v) is 16.6. The second kappa shape index (κ2) is 6.51. The van der Waals surface area contributed by atoms with Crippen LogP contribution in [0.25, 0.3) is 17.1 Å². The molecule has 0 N–H and O–H groups in total. The first-order valence-electron chi connectivity index (χ1n) is 8.96. The summed E-state index contributed by atoms with van der Waals surface area (Å²) in [5.74, 6) is 3.01. The number of nitrogens with zero attached hydrogens (tertiary/aromatic N) is 2. The molecule has 0 spiro atoms. The summed E-state index contributed by atoms with van der Waals surface area (Å²) in [6.07, 6.45) is 5.14. The predicted molar refractivity (Wildman–Crippen MR) is 109 cm³/mol. The van der Waals surface area contributed by atoms with Crippen molar-refractivity contribution in [2.75, 3.05) is 12.9 Å². The summed E-state index contributed by atoms with van der Waals surface area (Å²) in [5, 5.41) is 0. The van der Waals surface area contributed by atoms with Gasteiger partial charge in [0.25, 0.3) is 0 Å². The van der Waals surface area contributed by atoms with Gasteiger partial charge in [0.1, 0.15) is 11.6 Å². The SMILES string of the molecule is COc1ccc(-c2nccn2-c2cc3c(cc2C)SCCC3(C)C)cc1.